The molecule has 142 valence electrons. The molecule has 0 atom stereocenters. The quantitative estimate of drug-likeness (QED) is 0.653. The second kappa shape index (κ2) is 7.96. The zero-order chi connectivity index (χ0) is 18.6. The largest absolute Gasteiger partial charge is 0.467 e. The van der Waals surface area contributed by atoms with Crippen LogP contribution in [0.3, 0.4) is 0 Å². The lowest BCUT2D eigenvalue weighted by atomic mass is 10.2. The van der Waals surface area contributed by atoms with Gasteiger partial charge in [-0.3, -0.25) is 9.36 Å². The number of aromatic nitrogens is 3. The molecule has 1 amide bonds. The second-order valence-electron chi connectivity index (χ2n) is 6.73. The first-order chi connectivity index (χ1) is 13.2. The van der Waals surface area contributed by atoms with Crippen molar-refractivity contribution >= 4 is 17.2 Å². The van der Waals surface area contributed by atoms with Crippen LogP contribution in [-0.2, 0) is 37.4 Å². The van der Waals surface area contributed by atoms with Crippen LogP contribution < -0.4 is 5.69 Å². The Morgan fingerprint density at radius 3 is 2.93 bits per heavy atom. The summed E-state index contributed by atoms with van der Waals surface area (Å²) in [4.78, 5) is 28.4. The minimum Gasteiger partial charge on any atom is -0.467 e. The number of fused-ring (bicyclic) bond motifs is 1. The highest BCUT2D eigenvalue weighted by Crippen LogP contribution is 2.16. The van der Waals surface area contributed by atoms with Gasteiger partial charge in [-0.2, -0.15) is 5.10 Å². The summed E-state index contributed by atoms with van der Waals surface area (Å²) in [5, 5.41) is 6.41. The highest BCUT2D eigenvalue weighted by atomic mass is 32.1. The fourth-order valence-corrected chi connectivity index (χ4v) is 4.09. The number of thiophene rings is 1. The van der Waals surface area contributed by atoms with Gasteiger partial charge >= 0.3 is 5.69 Å². The normalized spacial score (nSPS) is 13.9. The van der Waals surface area contributed by atoms with Gasteiger partial charge in [0.25, 0.3) is 0 Å². The van der Waals surface area contributed by atoms with Crippen LogP contribution in [0, 0.1) is 0 Å². The SMILES string of the molecule is O=C(Cn1nc2n(c1=O)CCCCC2)N(Cc1ccco1)Cc1cccs1. The number of carbonyl (C=O) groups is 1. The standard InChI is InChI=1S/C19H22N4O3S/c24-18(14-23-19(25)22-9-3-1-2-8-17(22)20-23)21(12-15-6-4-10-26-15)13-16-7-5-11-27-16/h4-7,10-11H,1-3,8-9,12-14H2. The van der Waals surface area contributed by atoms with Crippen LogP contribution in [0.25, 0.3) is 0 Å². The summed E-state index contributed by atoms with van der Waals surface area (Å²) in [6.45, 7) is 1.49. The maximum Gasteiger partial charge on any atom is 0.346 e. The van der Waals surface area contributed by atoms with E-state index in [0.717, 1.165) is 36.4 Å². The molecule has 0 saturated carbocycles. The van der Waals surface area contributed by atoms with Crippen molar-refractivity contribution in [1.82, 2.24) is 19.2 Å². The van der Waals surface area contributed by atoms with Gasteiger partial charge in [0.05, 0.1) is 19.4 Å². The lowest BCUT2D eigenvalue weighted by Gasteiger charge is -2.21. The zero-order valence-corrected chi connectivity index (χ0v) is 15.9. The molecule has 3 aromatic rings. The summed E-state index contributed by atoms with van der Waals surface area (Å²) in [7, 11) is 0. The summed E-state index contributed by atoms with van der Waals surface area (Å²) in [6.07, 6.45) is 5.52. The van der Waals surface area contributed by atoms with Crippen molar-refractivity contribution in [2.45, 2.75) is 51.9 Å². The van der Waals surface area contributed by atoms with E-state index in [1.807, 2.05) is 23.6 Å². The number of hydrogen-bond donors (Lipinski definition) is 0. The summed E-state index contributed by atoms with van der Waals surface area (Å²) in [5.74, 6) is 1.36. The fraction of sp³-hybridized carbons (Fsp3) is 0.421. The Hall–Kier alpha value is -2.61. The number of aryl methyl sites for hydroxylation is 1. The van der Waals surface area contributed by atoms with Crippen LogP contribution in [0.4, 0.5) is 0 Å². The van der Waals surface area contributed by atoms with E-state index in [2.05, 4.69) is 5.10 Å². The monoisotopic (exact) mass is 386 g/mol. The topological polar surface area (TPSA) is 73.3 Å². The van der Waals surface area contributed by atoms with Gasteiger partial charge < -0.3 is 9.32 Å². The number of rotatable bonds is 6. The summed E-state index contributed by atoms with van der Waals surface area (Å²) < 4.78 is 8.44. The molecule has 1 aliphatic rings. The smallest absolute Gasteiger partial charge is 0.346 e. The van der Waals surface area contributed by atoms with E-state index in [9.17, 15) is 9.59 Å². The summed E-state index contributed by atoms with van der Waals surface area (Å²) in [5.41, 5.74) is -0.186. The number of hydrogen-bond acceptors (Lipinski definition) is 5. The molecule has 0 bridgehead atoms. The average molecular weight is 386 g/mol. The van der Waals surface area contributed by atoms with E-state index in [0.29, 0.717) is 25.4 Å². The molecule has 0 saturated heterocycles. The number of nitrogens with zero attached hydrogens (tertiary/aromatic N) is 4. The van der Waals surface area contributed by atoms with Crippen LogP contribution in [0.5, 0.6) is 0 Å². The van der Waals surface area contributed by atoms with Crippen molar-refractivity contribution in [1.29, 1.82) is 0 Å². The molecule has 27 heavy (non-hydrogen) atoms. The molecular weight excluding hydrogens is 364 g/mol. The van der Waals surface area contributed by atoms with Gasteiger partial charge in [-0.15, -0.1) is 11.3 Å². The third-order valence-electron chi connectivity index (χ3n) is 4.77. The molecule has 3 aromatic heterocycles. The minimum atomic E-state index is -0.186. The predicted octanol–water partition coefficient (Wildman–Crippen LogP) is 2.65. The van der Waals surface area contributed by atoms with Crippen LogP contribution in [-0.4, -0.2) is 25.2 Å². The first-order valence-corrected chi connectivity index (χ1v) is 10.1. The number of carbonyl (C=O) groups excluding carboxylic acids is 1. The zero-order valence-electron chi connectivity index (χ0n) is 15.0. The number of amides is 1. The molecule has 4 heterocycles. The molecule has 4 rings (SSSR count). The van der Waals surface area contributed by atoms with Gasteiger partial charge in [0.1, 0.15) is 18.1 Å². The van der Waals surface area contributed by atoms with Crippen molar-refractivity contribution in [2.24, 2.45) is 0 Å². The van der Waals surface area contributed by atoms with E-state index in [1.165, 1.54) is 4.68 Å². The van der Waals surface area contributed by atoms with Crippen LogP contribution in [0.2, 0.25) is 0 Å². The van der Waals surface area contributed by atoms with Gasteiger partial charge in [0.15, 0.2) is 0 Å². The molecule has 0 unspecified atom stereocenters. The van der Waals surface area contributed by atoms with Gasteiger partial charge in [0.2, 0.25) is 5.91 Å². The lowest BCUT2D eigenvalue weighted by Crippen LogP contribution is -2.36. The van der Waals surface area contributed by atoms with Crippen molar-refractivity contribution in [3.63, 3.8) is 0 Å². The fourth-order valence-electron chi connectivity index (χ4n) is 3.37. The Labute approximate surface area is 160 Å². The van der Waals surface area contributed by atoms with Crippen molar-refractivity contribution in [3.8, 4) is 0 Å². The molecular formula is C19H22N4O3S. The van der Waals surface area contributed by atoms with Crippen LogP contribution in [0.15, 0.2) is 45.1 Å². The molecule has 1 aliphatic heterocycles. The average Bonchev–Trinajstić information content (AvgIpc) is 3.37. The highest BCUT2D eigenvalue weighted by Gasteiger charge is 2.21. The summed E-state index contributed by atoms with van der Waals surface area (Å²) in [6, 6.07) is 7.62. The molecule has 0 radical (unpaired) electrons. The maximum absolute atomic E-state index is 13.0. The van der Waals surface area contributed by atoms with E-state index in [1.54, 1.807) is 33.1 Å². The van der Waals surface area contributed by atoms with Crippen molar-refractivity contribution in [3.05, 3.63) is 62.9 Å². The predicted molar refractivity (Wildman–Crippen MR) is 101 cm³/mol. The Morgan fingerprint density at radius 1 is 1.22 bits per heavy atom. The highest BCUT2D eigenvalue weighted by molar-refractivity contribution is 7.09. The molecule has 0 fully saturated rings. The van der Waals surface area contributed by atoms with E-state index < -0.39 is 0 Å². The maximum atomic E-state index is 13.0. The molecule has 7 nitrogen and oxygen atoms in total. The van der Waals surface area contributed by atoms with E-state index >= 15 is 0 Å². The Balaban J connectivity index is 1.53. The Morgan fingerprint density at radius 2 is 2.15 bits per heavy atom. The van der Waals surface area contributed by atoms with E-state index in [-0.39, 0.29) is 18.1 Å². The Kier molecular flexibility index (Phi) is 5.24. The molecule has 0 N–H and O–H groups in total. The lowest BCUT2D eigenvalue weighted by molar-refractivity contribution is -0.133. The van der Waals surface area contributed by atoms with Gasteiger partial charge in [-0.25, -0.2) is 9.48 Å². The second-order valence-corrected chi connectivity index (χ2v) is 7.76. The molecule has 0 aromatic carbocycles. The first-order valence-electron chi connectivity index (χ1n) is 9.20. The van der Waals surface area contributed by atoms with Gasteiger partial charge in [-0.05, 0) is 36.4 Å². The Bertz CT molecular complexity index is 904. The van der Waals surface area contributed by atoms with Gasteiger partial charge in [-0.1, -0.05) is 12.5 Å². The molecule has 8 heteroatoms. The third kappa shape index (κ3) is 4.05. The molecule has 0 aliphatic carbocycles. The van der Waals surface area contributed by atoms with Crippen LogP contribution >= 0.6 is 11.3 Å². The van der Waals surface area contributed by atoms with Crippen LogP contribution in [0.1, 0.15) is 35.7 Å². The molecule has 0 spiro atoms. The first kappa shape index (κ1) is 17.8. The van der Waals surface area contributed by atoms with Gasteiger partial charge in [0, 0.05) is 17.8 Å². The summed E-state index contributed by atoms with van der Waals surface area (Å²) >= 11 is 1.60. The van der Waals surface area contributed by atoms with Crippen molar-refractivity contribution < 1.29 is 9.21 Å². The third-order valence-corrected chi connectivity index (χ3v) is 5.63. The minimum absolute atomic E-state index is 0.0507. The number of furan rings is 1. The van der Waals surface area contributed by atoms with Crippen molar-refractivity contribution in [2.75, 3.05) is 0 Å². The van der Waals surface area contributed by atoms with E-state index in [4.69, 9.17) is 4.42 Å².